The first kappa shape index (κ1) is 19.2. The Hall–Kier alpha value is -3.17. The highest BCUT2D eigenvalue weighted by molar-refractivity contribution is 6.30. The Morgan fingerprint density at radius 3 is 2.46 bits per heavy atom. The lowest BCUT2D eigenvalue weighted by molar-refractivity contribution is -0.117. The maximum atomic E-state index is 12.1. The molecule has 1 amide bonds. The molecule has 0 fully saturated rings. The van der Waals surface area contributed by atoms with Crippen LogP contribution in [0.4, 0.5) is 5.69 Å². The summed E-state index contributed by atoms with van der Waals surface area (Å²) in [5, 5.41) is 15.4. The van der Waals surface area contributed by atoms with Crippen LogP contribution in [0.5, 0.6) is 11.5 Å². The largest absolute Gasteiger partial charge is 0.493 e. The first-order valence-corrected chi connectivity index (χ1v) is 8.06. The van der Waals surface area contributed by atoms with E-state index < -0.39 is 5.91 Å². The van der Waals surface area contributed by atoms with Crippen molar-refractivity contribution < 1.29 is 14.3 Å². The number of carbonyl (C=O) groups is 1. The minimum Gasteiger partial charge on any atom is -0.493 e. The number of amides is 1. The van der Waals surface area contributed by atoms with Gasteiger partial charge in [0, 0.05) is 29.5 Å². The summed E-state index contributed by atoms with van der Waals surface area (Å²) in [6.07, 6.45) is 1.35. The first-order chi connectivity index (χ1) is 12.6. The van der Waals surface area contributed by atoms with E-state index in [0.29, 0.717) is 28.8 Å². The van der Waals surface area contributed by atoms with E-state index in [4.69, 9.17) is 21.1 Å². The second-order valence-electron chi connectivity index (χ2n) is 5.19. The molecule has 0 spiro atoms. The highest BCUT2D eigenvalue weighted by Crippen LogP contribution is 2.29. The number of nitrogens with one attached hydrogen (secondary N) is 2. The van der Waals surface area contributed by atoms with E-state index >= 15 is 0 Å². The van der Waals surface area contributed by atoms with Crippen LogP contribution in [0, 0.1) is 11.3 Å². The summed E-state index contributed by atoms with van der Waals surface area (Å²) in [4.78, 5) is 12.1. The Labute approximate surface area is 157 Å². The van der Waals surface area contributed by atoms with E-state index in [2.05, 4.69) is 10.6 Å². The van der Waals surface area contributed by atoms with Crippen molar-refractivity contribution in [1.29, 1.82) is 5.26 Å². The molecular formula is C19H18ClN3O3. The zero-order valence-corrected chi connectivity index (χ0v) is 15.1. The predicted molar refractivity (Wildman–Crippen MR) is 100 cm³/mol. The van der Waals surface area contributed by atoms with Gasteiger partial charge in [0.05, 0.1) is 14.2 Å². The highest BCUT2D eigenvalue weighted by atomic mass is 35.5. The molecule has 0 aromatic heterocycles. The Kier molecular flexibility index (Phi) is 6.89. The SMILES string of the molecule is COc1ccc(N/C=C(/C#N)C(=O)NCc2ccc(Cl)cc2)cc1OC. The zero-order chi connectivity index (χ0) is 18.9. The van der Waals surface area contributed by atoms with Crippen LogP contribution in [0.2, 0.25) is 5.02 Å². The van der Waals surface area contributed by atoms with Crippen LogP contribution in [0.3, 0.4) is 0 Å². The number of halogens is 1. The number of hydrogen-bond donors (Lipinski definition) is 2. The number of benzene rings is 2. The van der Waals surface area contributed by atoms with Gasteiger partial charge < -0.3 is 20.1 Å². The van der Waals surface area contributed by atoms with Crippen LogP contribution >= 0.6 is 11.6 Å². The summed E-state index contributed by atoms with van der Waals surface area (Å²) < 4.78 is 10.4. The van der Waals surface area contributed by atoms with Crippen LogP contribution in [-0.2, 0) is 11.3 Å². The van der Waals surface area contributed by atoms with E-state index in [1.165, 1.54) is 13.3 Å². The van der Waals surface area contributed by atoms with E-state index in [0.717, 1.165) is 5.56 Å². The third-order valence-electron chi connectivity index (χ3n) is 3.50. The summed E-state index contributed by atoms with van der Waals surface area (Å²) in [5.41, 5.74) is 1.49. The van der Waals surface area contributed by atoms with Gasteiger partial charge in [0.25, 0.3) is 5.91 Å². The number of methoxy groups -OCH3 is 2. The Morgan fingerprint density at radius 2 is 1.85 bits per heavy atom. The molecule has 134 valence electrons. The van der Waals surface area contributed by atoms with Crippen molar-refractivity contribution in [2.45, 2.75) is 6.54 Å². The van der Waals surface area contributed by atoms with Crippen molar-refractivity contribution in [3.63, 3.8) is 0 Å². The first-order valence-electron chi connectivity index (χ1n) is 7.69. The Bertz CT molecular complexity index is 842. The fourth-order valence-electron chi connectivity index (χ4n) is 2.11. The second kappa shape index (κ2) is 9.35. The van der Waals surface area contributed by atoms with E-state index in [9.17, 15) is 10.1 Å². The minimum absolute atomic E-state index is 0.0475. The van der Waals surface area contributed by atoms with Crippen molar-refractivity contribution in [3.05, 3.63) is 64.8 Å². The molecule has 2 rings (SSSR count). The fourth-order valence-corrected chi connectivity index (χ4v) is 2.24. The van der Waals surface area contributed by atoms with Crippen molar-refractivity contribution in [3.8, 4) is 17.6 Å². The molecule has 2 N–H and O–H groups in total. The highest BCUT2D eigenvalue weighted by Gasteiger charge is 2.09. The molecule has 0 unspecified atom stereocenters. The third kappa shape index (κ3) is 5.16. The van der Waals surface area contributed by atoms with E-state index in [1.54, 1.807) is 49.6 Å². The molecule has 0 bridgehead atoms. The van der Waals surface area contributed by atoms with Gasteiger partial charge in [-0.15, -0.1) is 0 Å². The molecule has 0 heterocycles. The van der Waals surface area contributed by atoms with Crippen LogP contribution in [0.25, 0.3) is 0 Å². The Balaban J connectivity index is 2.01. The lowest BCUT2D eigenvalue weighted by Gasteiger charge is -2.10. The third-order valence-corrected chi connectivity index (χ3v) is 3.75. The van der Waals surface area contributed by atoms with Gasteiger partial charge in [0.15, 0.2) is 11.5 Å². The van der Waals surface area contributed by atoms with Crippen LogP contribution in [0.15, 0.2) is 54.2 Å². The molecule has 0 aliphatic carbocycles. The van der Waals surface area contributed by atoms with Gasteiger partial charge in [-0.3, -0.25) is 4.79 Å². The average molecular weight is 372 g/mol. The van der Waals surface area contributed by atoms with Gasteiger partial charge in [-0.2, -0.15) is 5.26 Å². The van der Waals surface area contributed by atoms with Gasteiger partial charge in [0.2, 0.25) is 0 Å². The predicted octanol–water partition coefficient (Wildman–Crippen LogP) is 3.49. The number of carbonyl (C=O) groups excluding carboxylic acids is 1. The topological polar surface area (TPSA) is 83.4 Å². The molecule has 2 aromatic carbocycles. The summed E-state index contributed by atoms with van der Waals surface area (Å²) in [6, 6.07) is 14.1. The second-order valence-corrected chi connectivity index (χ2v) is 5.63. The number of hydrogen-bond acceptors (Lipinski definition) is 5. The van der Waals surface area contributed by atoms with E-state index in [1.807, 2.05) is 6.07 Å². The molecule has 0 atom stereocenters. The summed E-state index contributed by atoms with van der Waals surface area (Å²) in [7, 11) is 3.08. The number of nitrogens with zero attached hydrogens (tertiary/aromatic N) is 1. The number of nitriles is 1. The standard InChI is InChI=1S/C19H18ClN3O3/c1-25-17-8-7-16(9-18(17)26-2)22-12-14(10-21)19(24)23-11-13-3-5-15(20)6-4-13/h3-9,12,22H,11H2,1-2H3,(H,23,24)/b14-12-. The Morgan fingerprint density at radius 1 is 1.15 bits per heavy atom. The lowest BCUT2D eigenvalue weighted by atomic mass is 10.2. The van der Waals surface area contributed by atoms with Crippen molar-refractivity contribution in [2.75, 3.05) is 19.5 Å². The van der Waals surface area contributed by atoms with Gasteiger partial charge in [-0.1, -0.05) is 23.7 Å². The zero-order valence-electron chi connectivity index (χ0n) is 14.4. The lowest BCUT2D eigenvalue weighted by Crippen LogP contribution is -2.24. The van der Waals surface area contributed by atoms with Crippen LogP contribution in [-0.4, -0.2) is 20.1 Å². The molecule has 0 aliphatic heterocycles. The molecule has 2 aromatic rings. The molecule has 7 heteroatoms. The minimum atomic E-state index is -0.476. The molecule has 0 saturated heterocycles. The molecule has 0 radical (unpaired) electrons. The molecule has 0 saturated carbocycles. The quantitative estimate of drug-likeness (QED) is 0.575. The smallest absolute Gasteiger partial charge is 0.263 e. The van der Waals surface area contributed by atoms with E-state index in [-0.39, 0.29) is 5.57 Å². The van der Waals surface area contributed by atoms with Crippen molar-refractivity contribution in [1.82, 2.24) is 5.32 Å². The number of ether oxygens (including phenoxy) is 2. The maximum absolute atomic E-state index is 12.1. The average Bonchev–Trinajstić information content (AvgIpc) is 2.67. The molecule has 26 heavy (non-hydrogen) atoms. The summed E-state index contributed by atoms with van der Waals surface area (Å²) >= 11 is 5.82. The van der Waals surface area contributed by atoms with Gasteiger partial charge in [0.1, 0.15) is 11.6 Å². The van der Waals surface area contributed by atoms with Gasteiger partial charge in [-0.05, 0) is 29.8 Å². The normalized spacial score (nSPS) is 10.6. The number of anilines is 1. The fraction of sp³-hybridized carbons (Fsp3) is 0.158. The molecular weight excluding hydrogens is 354 g/mol. The number of rotatable bonds is 7. The van der Waals surface area contributed by atoms with Crippen LogP contribution < -0.4 is 20.1 Å². The monoisotopic (exact) mass is 371 g/mol. The summed E-state index contributed by atoms with van der Waals surface area (Å²) in [6.45, 7) is 0.297. The molecule has 0 aliphatic rings. The molecule has 6 nitrogen and oxygen atoms in total. The van der Waals surface area contributed by atoms with Gasteiger partial charge >= 0.3 is 0 Å². The maximum Gasteiger partial charge on any atom is 0.263 e. The van der Waals surface area contributed by atoms with Crippen molar-refractivity contribution >= 4 is 23.2 Å². The van der Waals surface area contributed by atoms with Crippen LogP contribution in [0.1, 0.15) is 5.56 Å². The van der Waals surface area contributed by atoms with Gasteiger partial charge in [-0.25, -0.2) is 0 Å². The summed E-state index contributed by atoms with van der Waals surface area (Å²) in [5.74, 6) is 0.648. The van der Waals surface area contributed by atoms with Crippen molar-refractivity contribution in [2.24, 2.45) is 0 Å².